The summed E-state index contributed by atoms with van der Waals surface area (Å²) < 4.78 is 18.2. The molecule has 2 aromatic carbocycles. The number of fused-ring (bicyclic) bond motifs is 1. The predicted octanol–water partition coefficient (Wildman–Crippen LogP) is 3.90. The van der Waals surface area contributed by atoms with E-state index in [9.17, 15) is 9.18 Å². The van der Waals surface area contributed by atoms with Gasteiger partial charge < -0.3 is 10.1 Å². The molecule has 0 saturated carbocycles. The SMILES string of the molecule is COC(=O)c1cc(Nc2ccccc2)c2cc(F)ccc2n1. The Morgan fingerprint density at radius 3 is 2.64 bits per heavy atom. The van der Waals surface area contributed by atoms with Gasteiger partial charge in [-0.1, -0.05) is 18.2 Å². The average molecular weight is 296 g/mol. The Hall–Kier alpha value is -2.95. The Bertz CT molecular complexity index is 835. The van der Waals surface area contributed by atoms with Gasteiger partial charge in [0.1, 0.15) is 5.82 Å². The lowest BCUT2D eigenvalue weighted by Crippen LogP contribution is -2.06. The van der Waals surface area contributed by atoms with E-state index in [0.717, 1.165) is 5.69 Å². The number of anilines is 2. The minimum absolute atomic E-state index is 0.167. The maximum atomic E-state index is 13.5. The van der Waals surface area contributed by atoms with Gasteiger partial charge in [-0.2, -0.15) is 0 Å². The second-order valence-electron chi connectivity index (χ2n) is 4.70. The summed E-state index contributed by atoms with van der Waals surface area (Å²) in [4.78, 5) is 16.0. The van der Waals surface area contributed by atoms with Crippen LogP contribution >= 0.6 is 0 Å². The topological polar surface area (TPSA) is 51.2 Å². The number of carbonyl (C=O) groups is 1. The van der Waals surface area contributed by atoms with Crippen LogP contribution in [-0.2, 0) is 4.74 Å². The first kappa shape index (κ1) is 14.0. The van der Waals surface area contributed by atoms with Gasteiger partial charge in [0.15, 0.2) is 5.69 Å². The second kappa shape index (κ2) is 5.81. The molecule has 3 aromatic rings. The molecule has 0 aliphatic carbocycles. The van der Waals surface area contributed by atoms with E-state index in [1.54, 1.807) is 6.07 Å². The summed E-state index contributed by atoms with van der Waals surface area (Å²) in [7, 11) is 1.29. The number of methoxy groups -OCH3 is 1. The number of nitrogens with zero attached hydrogens (tertiary/aromatic N) is 1. The molecule has 0 saturated heterocycles. The third-order valence-corrected chi connectivity index (χ3v) is 3.22. The molecule has 1 aromatic heterocycles. The first-order chi connectivity index (χ1) is 10.7. The number of nitrogens with one attached hydrogen (secondary N) is 1. The summed E-state index contributed by atoms with van der Waals surface area (Å²) in [5.74, 6) is -0.904. The van der Waals surface area contributed by atoms with E-state index in [-0.39, 0.29) is 11.5 Å². The van der Waals surface area contributed by atoms with Crippen LogP contribution in [0.5, 0.6) is 0 Å². The van der Waals surface area contributed by atoms with E-state index in [1.165, 1.54) is 25.3 Å². The minimum atomic E-state index is -0.540. The molecule has 0 aliphatic rings. The van der Waals surface area contributed by atoms with Crippen molar-refractivity contribution in [3.63, 3.8) is 0 Å². The van der Waals surface area contributed by atoms with Crippen molar-refractivity contribution in [2.24, 2.45) is 0 Å². The van der Waals surface area contributed by atoms with Gasteiger partial charge in [-0.15, -0.1) is 0 Å². The fourth-order valence-corrected chi connectivity index (χ4v) is 2.19. The van der Waals surface area contributed by atoms with Crippen molar-refractivity contribution in [2.75, 3.05) is 12.4 Å². The third kappa shape index (κ3) is 2.74. The van der Waals surface area contributed by atoms with Crippen molar-refractivity contribution in [3.8, 4) is 0 Å². The van der Waals surface area contributed by atoms with Gasteiger partial charge in [0, 0.05) is 11.1 Å². The first-order valence-electron chi connectivity index (χ1n) is 6.68. The van der Waals surface area contributed by atoms with E-state index < -0.39 is 5.97 Å². The van der Waals surface area contributed by atoms with Gasteiger partial charge in [0.05, 0.1) is 18.3 Å². The molecule has 22 heavy (non-hydrogen) atoms. The highest BCUT2D eigenvalue weighted by molar-refractivity contribution is 5.98. The van der Waals surface area contributed by atoms with E-state index in [1.807, 2.05) is 30.3 Å². The summed E-state index contributed by atoms with van der Waals surface area (Å²) in [6, 6.07) is 15.2. The van der Waals surface area contributed by atoms with Crippen molar-refractivity contribution in [1.29, 1.82) is 0 Å². The van der Waals surface area contributed by atoms with Gasteiger partial charge in [0.25, 0.3) is 0 Å². The van der Waals surface area contributed by atoms with Gasteiger partial charge in [-0.25, -0.2) is 14.2 Å². The summed E-state index contributed by atoms with van der Waals surface area (Å²) in [6.07, 6.45) is 0. The smallest absolute Gasteiger partial charge is 0.356 e. The highest BCUT2D eigenvalue weighted by Gasteiger charge is 2.13. The Morgan fingerprint density at radius 2 is 1.91 bits per heavy atom. The number of esters is 1. The second-order valence-corrected chi connectivity index (χ2v) is 4.70. The van der Waals surface area contributed by atoms with Crippen molar-refractivity contribution in [3.05, 3.63) is 66.1 Å². The minimum Gasteiger partial charge on any atom is -0.464 e. The lowest BCUT2D eigenvalue weighted by Gasteiger charge is -2.11. The van der Waals surface area contributed by atoms with E-state index in [0.29, 0.717) is 16.6 Å². The molecular formula is C17H13FN2O2. The van der Waals surface area contributed by atoms with Crippen molar-refractivity contribution in [2.45, 2.75) is 0 Å². The number of para-hydroxylation sites is 1. The molecular weight excluding hydrogens is 283 g/mol. The van der Waals surface area contributed by atoms with Crippen LogP contribution in [0, 0.1) is 5.82 Å². The van der Waals surface area contributed by atoms with Crippen LogP contribution in [0.1, 0.15) is 10.5 Å². The molecule has 1 heterocycles. The monoisotopic (exact) mass is 296 g/mol. The fraction of sp³-hybridized carbons (Fsp3) is 0.0588. The molecule has 0 spiro atoms. The van der Waals surface area contributed by atoms with Gasteiger partial charge in [-0.05, 0) is 36.4 Å². The van der Waals surface area contributed by atoms with Crippen molar-refractivity contribution in [1.82, 2.24) is 4.98 Å². The average Bonchev–Trinajstić information content (AvgIpc) is 2.55. The number of hydrogen-bond donors (Lipinski definition) is 1. The Morgan fingerprint density at radius 1 is 1.14 bits per heavy atom. The van der Waals surface area contributed by atoms with Crippen LogP contribution in [0.4, 0.5) is 15.8 Å². The first-order valence-corrected chi connectivity index (χ1v) is 6.68. The predicted molar refractivity (Wildman–Crippen MR) is 82.8 cm³/mol. The summed E-state index contributed by atoms with van der Waals surface area (Å²) in [5.41, 5.74) is 2.11. The Labute approximate surface area is 126 Å². The number of hydrogen-bond acceptors (Lipinski definition) is 4. The maximum absolute atomic E-state index is 13.5. The molecule has 0 fully saturated rings. The zero-order valence-corrected chi connectivity index (χ0v) is 11.8. The van der Waals surface area contributed by atoms with Crippen molar-refractivity contribution < 1.29 is 13.9 Å². The van der Waals surface area contributed by atoms with E-state index in [2.05, 4.69) is 10.3 Å². The summed E-state index contributed by atoms with van der Waals surface area (Å²) >= 11 is 0. The Balaban J connectivity index is 2.16. The highest BCUT2D eigenvalue weighted by Crippen LogP contribution is 2.27. The van der Waals surface area contributed by atoms with E-state index >= 15 is 0 Å². The number of rotatable bonds is 3. The van der Waals surface area contributed by atoms with Gasteiger partial charge in [0.2, 0.25) is 0 Å². The number of ether oxygens (including phenoxy) is 1. The zero-order valence-electron chi connectivity index (χ0n) is 11.8. The lowest BCUT2D eigenvalue weighted by molar-refractivity contribution is 0.0594. The number of halogens is 1. The highest BCUT2D eigenvalue weighted by atomic mass is 19.1. The fourth-order valence-electron chi connectivity index (χ4n) is 2.19. The molecule has 0 bridgehead atoms. The molecule has 5 heteroatoms. The maximum Gasteiger partial charge on any atom is 0.356 e. The normalized spacial score (nSPS) is 10.5. The molecule has 0 amide bonds. The van der Waals surface area contributed by atoms with Crippen LogP contribution in [0.2, 0.25) is 0 Å². The molecule has 0 atom stereocenters. The number of pyridine rings is 1. The summed E-state index contributed by atoms with van der Waals surface area (Å²) in [5, 5.41) is 3.77. The number of carbonyl (C=O) groups excluding carboxylic acids is 1. The van der Waals surface area contributed by atoms with Gasteiger partial charge >= 0.3 is 5.97 Å². The molecule has 0 unspecified atom stereocenters. The summed E-state index contributed by atoms with van der Waals surface area (Å²) in [6.45, 7) is 0. The molecule has 0 radical (unpaired) electrons. The molecule has 110 valence electrons. The third-order valence-electron chi connectivity index (χ3n) is 3.22. The van der Waals surface area contributed by atoms with Crippen LogP contribution in [-0.4, -0.2) is 18.1 Å². The van der Waals surface area contributed by atoms with E-state index in [4.69, 9.17) is 4.74 Å². The van der Waals surface area contributed by atoms with Crippen molar-refractivity contribution >= 4 is 28.2 Å². The zero-order chi connectivity index (χ0) is 15.5. The van der Waals surface area contributed by atoms with Crippen LogP contribution in [0.3, 0.4) is 0 Å². The lowest BCUT2D eigenvalue weighted by atomic mass is 10.1. The molecule has 0 aliphatic heterocycles. The standard InChI is InChI=1S/C17H13FN2O2/c1-22-17(21)16-10-15(19-12-5-3-2-4-6-12)13-9-11(18)7-8-14(13)20-16/h2-10H,1H3,(H,19,20). The number of aromatic nitrogens is 1. The molecule has 1 N–H and O–H groups in total. The molecule has 3 rings (SSSR count). The molecule has 4 nitrogen and oxygen atoms in total. The van der Waals surface area contributed by atoms with Crippen LogP contribution in [0.25, 0.3) is 10.9 Å². The quantitative estimate of drug-likeness (QED) is 0.745. The number of benzene rings is 2. The largest absolute Gasteiger partial charge is 0.464 e. The van der Waals surface area contributed by atoms with Gasteiger partial charge in [-0.3, -0.25) is 0 Å². The van der Waals surface area contributed by atoms with Crippen LogP contribution < -0.4 is 5.32 Å². The Kier molecular flexibility index (Phi) is 3.70. The van der Waals surface area contributed by atoms with Crippen LogP contribution in [0.15, 0.2) is 54.6 Å².